The number of likely N-dealkylation sites (tertiary alicyclic amines) is 1. The molecule has 3 N–H and O–H groups in total. The van der Waals surface area contributed by atoms with Crippen molar-refractivity contribution in [1.29, 1.82) is 0 Å². The van der Waals surface area contributed by atoms with Crippen LogP contribution in [0.25, 0.3) is 0 Å². The van der Waals surface area contributed by atoms with Crippen molar-refractivity contribution in [1.82, 2.24) is 15.5 Å². The van der Waals surface area contributed by atoms with Gasteiger partial charge in [0.05, 0.1) is 18.8 Å². The number of nitrogens with zero attached hydrogens (tertiary/aromatic N) is 1. The highest BCUT2D eigenvalue weighted by Gasteiger charge is 2.38. The molecule has 0 spiro atoms. The van der Waals surface area contributed by atoms with Gasteiger partial charge < -0.3 is 30.0 Å². The zero-order chi connectivity index (χ0) is 33.1. The van der Waals surface area contributed by atoms with Crippen molar-refractivity contribution in [3.63, 3.8) is 0 Å². The van der Waals surface area contributed by atoms with E-state index in [1.807, 2.05) is 69.3 Å². The van der Waals surface area contributed by atoms with Gasteiger partial charge in [0.2, 0.25) is 11.8 Å². The third-order valence-electron chi connectivity index (χ3n) is 8.29. The van der Waals surface area contributed by atoms with Crippen LogP contribution in [-0.2, 0) is 41.7 Å². The van der Waals surface area contributed by atoms with E-state index in [0.717, 1.165) is 60.9 Å². The molecule has 252 valence electrons. The van der Waals surface area contributed by atoms with Crippen LogP contribution in [0.3, 0.4) is 0 Å². The average molecular weight is 638 g/mol. The topological polar surface area (TPSA) is 126 Å². The number of hydrogen-bond donors (Lipinski definition) is 3. The Hall–Kier alpha value is -3.31. The number of benzene rings is 2. The lowest BCUT2D eigenvalue weighted by Gasteiger charge is -2.38. The zero-order valence-corrected chi connectivity index (χ0v) is 27.8. The van der Waals surface area contributed by atoms with Gasteiger partial charge in [-0.15, -0.1) is 0 Å². The summed E-state index contributed by atoms with van der Waals surface area (Å²) in [6.07, 6.45) is 4.29. The van der Waals surface area contributed by atoms with Gasteiger partial charge in [-0.1, -0.05) is 55.0 Å². The number of rotatable bonds is 14. The molecule has 2 aliphatic rings. The van der Waals surface area contributed by atoms with E-state index >= 15 is 0 Å². The van der Waals surface area contributed by atoms with Gasteiger partial charge in [-0.25, -0.2) is 0 Å². The first kappa shape index (κ1) is 35.5. The molecule has 2 amide bonds. The highest BCUT2D eigenvalue weighted by molar-refractivity contribution is 5.76. The SMILES string of the molecule is CC(=O)NCCCCCC(=O)NCc1ccc(C2OC(CN3CCCC3C(=O)OC(C)(C)C)CC(c3ccc(CO)cc3)O2)cc1. The lowest BCUT2D eigenvalue weighted by molar-refractivity contribution is -0.253. The number of hydrogen-bond acceptors (Lipinski definition) is 8. The molecule has 0 radical (unpaired) electrons. The van der Waals surface area contributed by atoms with Crippen LogP contribution in [0.4, 0.5) is 0 Å². The molecule has 2 saturated heterocycles. The van der Waals surface area contributed by atoms with Gasteiger partial charge in [0.1, 0.15) is 11.6 Å². The highest BCUT2D eigenvalue weighted by Crippen LogP contribution is 2.39. The molecule has 2 aromatic rings. The minimum absolute atomic E-state index is 0.00653. The van der Waals surface area contributed by atoms with Gasteiger partial charge in [0.15, 0.2) is 6.29 Å². The summed E-state index contributed by atoms with van der Waals surface area (Å²) in [5, 5.41) is 15.3. The summed E-state index contributed by atoms with van der Waals surface area (Å²) in [5.41, 5.74) is 3.16. The predicted molar refractivity (Wildman–Crippen MR) is 174 cm³/mol. The Bertz CT molecular complexity index is 1280. The quantitative estimate of drug-likeness (QED) is 0.199. The summed E-state index contributed by atoms with van der Waals surface area (Å²) in [6.45, 7) is 9.62. The minimum atomic E-state index is -0.606. The Morgan fingerprint density at radius 1 is 0.935 bits per heavy atom. The molecule has 4 rings (SSSR count). The Morgan fingerprint density at radius 3 is 2.30 bits per heavy atom. The molecule has 2 aliphatic heterocycles. The van der Waals surface area contributed by atoms with E-state index in [0.29, 0.717) is 32.5 Å². The average Bonchev–Trinajstić information content (AvgIpc) is 3.49. The second-order valence-electron chi connectivity index (χ2n) is 13.3. The van der Waals surface area contributed by atoms with Crippen LogP contribution in [0, 0.1) is 0 Å². The first-order valence-corrected chi connectivity index (χ1v) is 16.6. The standard InChI is InChI=1S/C36H51N3O7/c1-25(41)37-19-7-5-6-10-33(42)38-22-26-11-17-29(18-12-26)35-44-30(21-32(45-35)28-15-13-27(24-40)14-16-28)23-39-20-8-9-31(39)34(43)46-36(2,3)4/h11-18,30-32,35,40H,5-10,19-24H2,1-4H3,(H,37,41)(H,38,42). The Labute approximate surface area is 273 Å². The van der Waals surface area contributed by atoms with Gasteiger partial charge in [-0.05, 0) is 69.7 Å². The first-order valence-electron chi connectivity index (χ1n) is 16.6. The molecule has 2 aromatic carbocycles. The highest BCUT2D eigenvalue weighted by atomic mass is 16.7. The summed E-state index contributed by atoms with van der Waals surface area (Å²) < 4.78 is 18.8. The number of aliphatic hydroxyl groups excluding tert-OH is 1. The number of carbonyl (C=O) groups excluding carboxylic acids is 3. The molecule has 10 nitrogen and oxygen atoms in total. The van der Waals surface area contributed by atoms with Gasteiger partial charge in [-0.2, -0.15) is 0 Å². The maximum atomic E-state index is 13.0. The number of ether oxygens (including phenoxy) is 3. The molecule has 46 heavy (non-hydrogen) atoms. The van der Waals surface area contributed by atoms with Crippen LogP contribution >= 0.6 is 0 Å². The molecule has 0 aliphatic carbocycles. The molecule has 4 unspecified atom stereocenters. The van der Waals surface area contributed by atoms with Crippen molar-refractivity contribution in [3.8, 4) is 0 Å². The first-order chi connectivity index (χ1) is 22.0. The molecular formula is C36H51N3O7. The largest absolute Gasteiger partial charge is 0.459 e. The Morgan fingerprint density at radius 2 is 1.63 bits per heavy atom. The monoisotopic (exact) mass is 637 g/mol. The molecular weight excluding hydrogens is 586 g/mol. The lowest BCUT2D eigenvalue weighted by Crippen LogP contribution is -2.45. The fraction of sp³-hybridized carbons (Fsp3) is 0.583. The molecule has 2 heterocycles. The van der Waals surface area contributed by atoms with E-state index in [2.05, 4.69) is 15.5 Å². The van der Waals surface area contributed by atoms with E-state index in [9.17, 15) is 19.5 Å². The van der Waals surface area contributed by atoms with Gasteiger partial charge in [-0.3, -0.25) is 19.3 Å². The number of esters is 1. The number of amides is 2. The Kier molecular flexibility index (Phi) is 13.1. The van der Waals surface area contributed by atoms with Crippen molar-refractivity contribution in [3.05, 3.63) is 70.8 Å². The maximum absolute atomic E-state index is 13.0. The van der Waals surface area contributed by atoms with Crippen molar-refractivity contribution in [2.45, 2.75) is 116 Å². The van der Waals surface area contributed by atoms with Crippen molar-refractivity contribution < 1.29 is 33.7 Å². The lowest BCUT2D eigenvalue weighted by atomic mass is 9.99. The number of carbonyl (C=O) groups is 3. The van der Waals surface area contributed by atoms with Crippen molar-refractivity contribution >= 4 is 17.8 Å². The van der Waals surface area contributed by atoms with Crippen molar-refractivity contribution in [2.24, 2.45) is 0 Å². The van der Waals surface area contributed by atoms with E-state index in [1.165, 1.54) is 6.92 Å². The Balaban J connectivity index is 1.37. The summed E-state index contributed by atoms with van der Waals surface area (Å²) in [5.74, 6) is -0.212. The molecule has 0 saturated carbocycles. The van der Waals surface area contributed by atoms with Crippen LogP contribution in [0.5, 0.6) is 0 Å². The fourth-order valence-electron chi connectivity index (χ4n) is 5.91. The molecule has 2 fully saturated rings. The fourth-order valence-corrected chi connectivity index (χ4v) is 5.91. The van der Waals surface area contributed by atoms with Gasteiger partial charge >= 0.3 is 5.97 Å². The predicted octanol–water partition coefficient (Wildman–Crippen LogP) is 4.84. The number of unbranched alkanes of at least 4 members (excludes halogenated alkanes) is 2. The summed E-state index contributed by atoms with van der Waals surface area (Å²) in [4.78, 5) is 38.4. The van der Waals surface area contributed by atoms with Gasteiger partial charge in [0, 0.05) is 45.0 Å². The zero-order valence-electron chi connectivity index (χ0n) is 27.8. The van der Waals surface area contributed by atoms with E-state index in [-0.39, 0.29) is 42.6 Å². The molecule has 4 atom stereocenters. The third kappa shape index (κ3) is 11.2. The third-order valence-corrected chi connectivity index (χ3v) is 8.29. The second kappa shape index (κ2) is 17.0. The normalized spacial score (nSPS) is 21.9. The van der Waals surface area contributed by atoms with Crippen LogP contribution in [-0.4, -0.2) is 65.2 Å². The summed E-state index contributed by atoms with van der Waals surface area (Å²) in [6, 6.07) is 15.4. The van der Waals surface area contributed by atoms with Crippen LogP contribution < -0.4 is 10.6 Å². The van der Waals surface area contributed by atoms with Gasteiger partial charge in [0.25, 0.3) is 0 Å². The number of nitrogens with one attached hydrogen (secondary N) is 2. The van der Waals surface area contributed by atoms with E-state index in [4.69, 9.17) is 14.2 Å². The summed E-state index contributed by atoms with van der Waals surface area (Å²) >= 11 is 0. The van der Waals surface area contributed by atoms with Crippen LogP contribution in [0.15, 0.2) is 48.5 Å². The van der Waals surface area contributed by atoms with E-state index < -0.39 is 11.9 Å². The minimum Gasteiger partial charge on any atom is -0.459 e. The second-order valence-corrected chi connectivity index (χ2v) is 13.3. The smallest absolute Gasteiger partial charge is 0.323 e. The molecule has 0 bridgehead atoms. The maximum Gasteiger partial charge on any atom is 0.323 e. The number of aliphatic hydroxyl groups is 1. The summed E-state index contributed by atoms with van der Waals surface area (Å²) in [7, 11) is 0. The van der Waals surface area contributed by atoms with Crippen molar-refractivity contribution in [2.75, 3.05) is 19.6 Å². The van der Waals surface area contributed by atoms with Crippen LogP contribution in [0.2, 0.25) is 0 Å². The van der Waals surface area contributed by atoms with E-state index in [1.54, 1.807) is 0 Å². The molecule has 10 heteroatoms. The van der Waals surface area contributed by atoms with Crippen LogP contribution in [0.1, 0.15) is 107 Å². The molecule has 0 aromatic heterocycles.